The highest BCUT2D eigenvalue weighted by molar-refractivity contribution is 5.94. The maximum absolute atomic E-state index is 12.0. The van der Waals surface area contributed by atoms with Crippen molar-refractivity contribution >= 4 is 11.9 Å². The Morgan fingerprint density at radius 2 is 1.95 bits per heavy atom. The third-order valence-electron chi connectivity index (χ3n) is 3.17. The van der Waals surface area contributed by atoms with Crippen LogP contribution in [0, 0.1) is 5.41 Å². The van der Waals surface area contributed by atoms with E-state index in [0.717, 1.165) is 5.69 Å². The Morgan fingerprint density at radius 1 is 1.29 bits per heavy atom. The van der Waals surface area contributed by atoms with Crippen molar-refractivity contribution in [2.24, 2.45) is 5.41 Å². The summed E-state index contributed by atoms with van der Waals surface area (Å²) < 4.78 is 1.69. The Bertz CT molecular complexity index is 631. The van der Waals surface area contributed by atoms with Crippen molar-refractivity contribution in [3.63, 3.8) is 0 Å². The number of aliphatic carboxylic acids is 1. The summed E-state index contributed by atoms with van der Waals surface area (Å²) in [5.74, 6) is -1.24. The second-order valence-corrected chi connectivity index (χ2v) is 5.37. The van der Waals surface area contributed by atoms with Crippen LogP contribution in [0.1, 0.15) is 24.2 Å². The molecule has 6 nitrogen and oxygen atoms in total. The number of nitrogens with zero attached hydrogens (tertiary/aromatic N) is 2. The second kappa shape index (κ2) is 5.78. The number of aromatic nitrogens is 2. The normalized spacial score (nSPS) is 11.1. The summed E-state index contributed by atoms with van der Waals surface area (Å²) in [6.45, 7) is 3.20. The van der Waals surface area contributed by atoms with Crippen LogP contribution in [-0.2, 0) is 4.79 Å². The van der Waals surface area contributed by atoms with Gasteiger partial charge in [-0.3, -0.25) is 9.59 Å². The quantitative estimate of drug-likeness (QED) is 0.877. The minimum Gasteiger partial charge on any atom is -0.481 e. The minimum absolute atomic E-state index is 0.0715. The molecular weight excluding hydrogens is 270 g/mol. The van der Waals surface area contributed by atoms with Crippen LogP contribution >= 0.6 is 0 Å². The predicted octanol–water partition coefficient (Wildman–Crippen LogP) is 1.71. The van der Waals surface area contributed by atoms with Gasteiger partial charge in [0, 0.05) is 24.5 Å². The van der Waals surface area contributed by atoms with E-state index in [1.165, 1.54) is 0 Å². The molecule has 6 heteroatoms. The number of nitrogens with one attached hydrogen (secondary N) is 1. The summed E-state index contributed by atoms with van der Waals surface area (Å²) in [6.07, 6.45) is 3.49. The summed E-state index contributed by atoms with van der Waals surface area (Å²) >= 11 is 0. The van der Waals surface area contributed by atoms with E-state index in [-0.39, 0.29) is 12.5 Å². The van der Waals surface area contributed by atoms with Crippen molar-refractivity contribution < 1.29 is 14.7 Å². The molecule has 1 amide bonds. The van der Waals surface area contributed by atoms with Gasteiger partial charge in [0.25, 0.3) is 5.91 Å². The van der Waals surface area contributed by atoms with E-state index in [4.69, 9.17) is 5.11 Å². The first-order chi connectivity index (χ1) is 9.90. The third kappa shape index (κ3) is 3.47. The molecule has 0 bridgehead atoms. The number of amides is 1. The van der Waals surface area contributed by atoms with Crippen LogP contribution in [0.4, 0.5) is 0 Å². The zero-order valence-corrected chi connectivity index (χ0v) is 11.9. The Hall–Kier alpha value is -2.63. The molecule has 1 aromatic heterocycles. The van der Waals surface area contributed by atoms with Crippen LogP contribution in [0.5, 0.6) is 0 Å². The molecule has 0 aliphatic carbocycles. The average molecular weight is 287 g/mol. The lowest BCUT2D eigenvalue weighted by molar-refractivity contribution is -0.146. The topological polar surface area (TPSA) is 84.2 Å². The van der Waals surface area contributed by atoms with Crippen molar-refractivity contribution in [2.45, 2.75) is 13.8 Å². The van der Waals surface area contributed by atoms with Gasteiger partial charge in [0.2, 0.25) is 0 Å². The molecule has 1 heterocycles. The number of carboxylic acids is 1. The fourth-order valence-corrected chi connectivity index (χ4v) is 1.67. The SMILES string of the molecule is CC(C)(CNC(=O)c1ccc(-n2cccn2)cc1)C(=O)O. The summed E-state index contributed by atoms with van der Waals surface area (Å²) in [5, 5.41) is 15.7. The van der Waals surface area contributed by atoms with E-state index in [9.17, 15) is 9.59 Å². The van der Waals surface area contributed by atoms with E-state index < -0.39 is 11.4 Å². The molecule has 110 valence electrons. The smallest absolute Gasteiger partial charge is 0.310 e. The number of benzene rings is 1. The number of carbonyl (C=O) groups is 2. The van der Waals surface area contributed by atoms with Gasteiger partial charge in [-0.25, -0.2) is 4.68 Å². The molecule has 0 fully saturated rings. The van der Waals surface area contributed by atoms with Crippen LogP contribution in [0.2, 0.25) is 0 Å². The summed E-state index contributed by atoms with van der Waals surface area (Å²) in [7, 11) is 0. The number of rotatable bonds is 5. The fraction of sp³-hybridized carbons (Fsp3) is 0.267. The molecule has 0 aliphatic heterocycles. The van der Waals surface area contributed by atoms with Gasteiger partial charge in [0.15, 0.2) is 0 Å². The summed E-state index contributed by atoms with van der Waals surface area (Å²) in [4.78, 5) is 23.0. The monoisotopic (exact) mass is 287 g/mol. The molecule has 0 radical (unpaired) electrons. The third-order valence-corrected chi connectivity index (χ3v) is 3.17. The van der Waals surface area contributed by atoms with Gasteiger partial charge < -0.3 is 10.4 Å². The van der Waals surface area contributed by atoms with Gasteiger partial charge >= 0.3 is 5.97 Å². The van der Waals surface area contributed by atoms with Crippen molar-refractivity contribution in [3.8, 4) is 5.69 Å². The van der Waals surface area contributed by atoms with Gasteiger partial charge in [-0.15, -0.1) is 0 Å². The van der Waals surface area contributed by atoms with Crippen LogP contribution in [0.25, 0.3) is 5.69 Å². The molecule has 0 atom stereocenters. The lowest BCUT2D eigenvalue weighted by Crippen LogP contribution is -2.38. The van der Waals surface area contributed by atoms with Crippen LogP contribution in [-0.4, -0.2) is 33.3 Å². The number of carboxylic acid groups (broad SMARTS) is 1. The second-order valence-electron chi connectivity index (χ2n) is 5.37. The maximum atomic E-state index is 12.0. The maximum Gasteiger partial charge on any atom is 0.310 e. The van der Waals surface area contributed by atoms with Crippen LogP contribution in [0.3, 0.4) is 0 Å². The van der Waals surface area contributed by atoms with E-state index in [0.29, 0.717) is 5.56 Å². The van der Waals surface area contributed by atoms with Crippen molar-refractivity contribution in [1.82, 2.24) is 15.1 Å². The van der Waals surface area contributed by atoms with Gasteiger partial charge in [-0.2, -0.15) is 5.10 Å². The standard InChI is InChI=1S/C15H17N3O3/c1-15(2,14(20)21)10-16-13(19)11-4-6-12(7-5-11)18-9-3-8-17-18/h3-9H,10H2,1-2H3,(H,16,19)(H,20,21). The lowest BCUT2D eigenvalue weighted by atomic mass is 9.94. The molecule has 0 aliphatic rings. The average Bonchev–Trinajstić information content (AvgIpc) is 2.99. The first-order valence-electron chi connectivity index (χ1n) is 6.52. The zero-order valence-electron chi connectivity index (χ0n) is 11.9. The number of carbonyl (C=O) groups excluding carboxylic acids is 1. The Morgan fingerprint density at radius 3 is 2.48 bits per heavy atom. The van der Waals surface area contributed by atoms with E-state index in [1.54, 1.807) is 49.0 Å². The van der Waals surface area contributed by atoms with Gasteiger partial charge in [0.05, 0.1) is 11.1 Å². The molecule has 21 heavy (non-hydrogen) atoms. The van der Waals surface area contributed by atoms with E-state index in [1.807, 2.05) is 12.3 Å². The fourth-order valence-electron chi connectivity index (χ4n) is 1.67. The van der Waals surface area contributed by atoms with Crippen molar-refractivity contribution in [2.75, 3.05) is 6.54 Å². The summed E-state index contributed by atoms with van der Waals surface area (Å²) in [5.41, 5.74) is 0.333. The molecule has 2 N–H and O–H groups in total. The molecule has 0 unspecified atom stereocenters. The zero-order chi connectivity index (χ0) is 15.5. The highest BCUT2D eigenvalue weighted by Crippen LogP contribution is 2.14. The molecule has 0 spiro atoms. The van der Waals surface area contributed by atoms with Gasteiger partial charge in [0.1, 0.15) is 0 Å². The van der Waals surface area contributed by atoms with Crippen molar-refractivity contribution in [1.29, 1.82) is 0 Å². The van der Waals surface area contributed by atoms with Crippen molar-refractivity contribution in [3.05, 3.63) is 48.3 Å². The highest BCUT2D eigenvalue weighted by Gasteiger charge is 2.27. The first kappa shape index (κ1) is 14.8. The first-order valence-corrected chi connectivity index (χ1v) is 6.52. The molecule has 1 aromatic carbocycles. The Kier molecular flexibility index (Phi) is 4.07. The number of hydrogen-bond acceptors (Lipinski definition) is 3. The number of hydrogen-bond donors (Lipinski definition) is 2. The molecule has 2 rings (SSSR count). The summed E-state index contributed by atoms with van der Waals surface area (Å²) in [6, 6.07) is 8.74. The molecule has 0 saturated heterocycles. The molecule has 2 aromatic rings. The largest absolute Gasteiger partial charge is 0.481 e. The Balaban J connectivity index is 2.02. The minimum atomic E-state index is -0.995. The van der Waals surface area contributed by atoms with Gasteiger partial charge in [-0.1, -0.05) is 0 Å². The highest BCUT2D eigenvalue weighted by atomic mass is 16.4. The molecule has 0 saturated carbocycles. The van der Waals surface area contributed by atoms with Gasteiger partial charge in [-0.05, 0) is 44.2 Å². The lowest BCUT2D eigenvalue weighted by Gasteiger charge is -2.19. The van der Waals surface area contributed by atoms with E-state index in [2.05, 4.69) is 10.4 Å². The molecular formula is C15H17N3O3. The Labute approximate surface area is 122 Å². The van der Waals surface area contributed by atoms with Crippen LogP contribution < -0.4 is 5.32 Å². The van der Waals surface area contributed by atoms with E-state index >= 15 is 0 Å². The predicted molar refractivity (Wildman–Crippen MR) is 77.3 cm³/mol. The van der Waals surface area contributed by atoms with Crippen LogP contribution in [0.15, 0.2) is 42.7 Å².